The molecule has 5 nitrogen and oxygen atoms in total. The van der Waals surface area contributed by atoms with Crippen LogP contribution in [0, 0.1) is 5.92 Å². The Balaban J connectivity index is 2.79. The molecule has 1 aromatic rings. The van der Waals surface area contributed by atoms with E-state index in [0.29, 0.717) is 23.8 Å². The topological polar surface area (TPSA) is 73.6 Å². The van der Waals surface area contributed by atoms with Crippen LogP contribution in [-0.4, -0.2) is 26.2 Å². The maximum Gasteiger partial charge on any atom is 0.237 e. The molecule has 1 unspecified atom stereocenters. The minimum atomic E-state index is -0.489. The van der Waals surface area contributed by atoms with Gasteiger partial charge in [-0.25, -0.2) is 0 Å². The molecule has 0 aromatic heterocycles. The van der Waals surface area contributed by atoms with Gasteiger partial charge in [0.1, 0.15) is 11.5 Å². The van der Waals surface area contributed by atoms with Crippen LogP contribution in [0.15, 0.2) is 18.2 Å². The van der Waals surface area contributed by atoms with E-state index in [2.05, 4.69) is 5.32 Å². The fourth-order valence-electron chi connectivity index (χ4n) is 2.19. The summed E-state index contributed by atoms with van der Waals surface area (Å²) in [6.07, 6.45) is 0.665. The first-order valence-electron chi connectivity index (χ1n) is 7.16. The van der Waals surface area contributed by atoms with Gasteiger partial charge in [-0.1, -0.05) is 13.8 Å². The minimum absolute atomic E-state index is 0.144. The Hall–Kier alpha value is -1.75. The van der Waals surface area contributed by atoms with Crippen LogP contribution in [0.25, 0.3) is 0 Å². The second-order valence-electron chi connectivity index (χ2n) is 5.57. The molecule has 0 radical (unpaired) electrons. The van der Waals surface area contributed by atoms with Gasteiger partial charge in [0.05, 0.1) is 26.3 Å². The molecular formula is C16H26N2O3. The number of amides is 1. The predicted molar refractivity (Wildman–Crippen MR) is 83.5 cm³/mol. The number of benzene rings is 1. The summed E-state index contributed by atoms with van der Waals surface area (Å²) in [6.45, 7) is 6.00. The van der Waals surface area contributed by atoms with Crippen molar-refractivity contribution in [2.24, 2.45) is 11.7 Å². The molecule has 0 spiro atoms. The number of nitrogens with two attached hydrogens (primary N) is 1. The smallest absolute Gasteiger partial charge is 0.237 e. The van der Waals surface area contributed by atoms with Crippen molar-refractivity contribution >= 4 is 5.91 Å². The monoisotopic (exact) mass is 294 g/mol. The molecule has 0 saturated carbocycles. The van der Waals surface area contributed by atoms with Gasteiger partial charge in [0.15, 0.2) is 0 Å². The molecular weight excluding hydrogens is 268 g/mol. The van der Waals surface area contributed by atoms with Crippen LogP contribution in [0.4, 0.5) is 0 Å². The Morgan fingerprint density at radius 1 is 1.24 bits per heavy atom. The normalized spacial score (nSPS) is 13.7. The summed E-state index contributed by atoms with van der Waals surface area (Å²) in [5, 5.41) is 2.93. The zero-order valence-electron chi connectivity index (χ0n) is 13.5. The lowest BCUT2D eigenvalue weighted by molar-refractivity contribution is -0.123. The Morgan fingerprint density at radius 3 is 2.43 bits per heavy atom. The minimum Gasteiger partial charge on any atom is -0.497 e. The van der Waals surface area contributed by atoms with Gasteiger partial charge in [-0.05, 0) is 31.4 Å². The molecule has 0 heterocycles. The largest absolute Gasteiger partial charge is 0.497 e. The summed E-state index contributed by atoms with van der Waals surface area (Å²) in [6, 6.07) is 4.85. The van der Waals surface area contributed by atoms with E-state index in [1.807, 2.05) is 32.9 Å². The van der Waals surface area contributed by atoms with Crippen molar-refractivity contribution in [1.29, 1.82) is 0 Å². The van der Waals surface area contributed by atoms with Gasteiger partial charge >= 0.3 is 0 Å². The Labute approximate surface area is 126 Å². The summed E-state index contributed by atoms with van der Waals surface area (Å²) < 4.78 is 10.5. The van der Waals surface area contributed by atoms with Crippen molar-refractivity contribution in [2.45, 2.75) is 39.3 Å². The van der Waals surface area contributed by atoms with E-state index >= 15 is 0 Å². The molecule has 0 aliphatic rings. The van der Waals surface area contributed by atoms with Crippen LogP contribution in [-0.2, 0) is 4.79 Å². The number of carbonyl (C=O) groups excluding carboxylic acids is 1. The fourth-order valence-corrected chi connectivity index (χ4v) is 2.19. The molecule has 5 heteroatoms. The van der Waals surface area contributed by atoms with E-state index in [0.717, 1.165) is 5.56 Å². The van der Waals surface area contributed by atoms with Crippen LogP contribution < -0.4 is 20.5 Å². The molecule has 1 aromatic carbocycles. The quantitative estimate of drug-likeness (QED) is 0.809. The summed E-state index contributed by atoms with van der Waals surface area (Å²) in [7, 11) is 3.20. The van der Waals surface area contributed by atoms with Crippen LogP contribution >= 0.6 is 0 Å². The van der Waals surface area contributed by atoms with E-state index in [-0.39, 0.29) is 11.9 Å². The van der Waals surface area contributed by atoms with Crippen LogP contribution in [0.1, 0.15) is 38.8 Å². The lowest BCUT2D eigenvalue weighted by Gasteiger charge is -2.21. The van der Waals surface area contributed by atoms with Gasteiger partial charge in [0, 0.05) is 11.6 Å². The van der Waals surface area contributed by atoms with E-state index in [1.165, 1.54) is 0 Å². The molecule has 118 valence electrons. The van der Waals surface area contributed by atoms with E-state index in [4.69, 9.17) is 15.2 Å². The van der Waals surface area contributed by atoms with Crippen molar-refractivity contribution in [3.63, 3.8) is 0 Å². The standard InChI is InChI=1S/C16H26N2O3/c1-10(2)8-14(17)16(19)18-11(3)13-7-6-12(20-4)9-15(13)21-5/h6-7,9-11,14H,8,17H2,1-5H3,(H,18,19)/t11?,14-/m0/s1. The number of rotatable bonds is 7. The molecule has 1 rings (SSSR count). The molecule has 0 aliphatic heterocycles. The van der Waals surface area contributed by atoms with E-state index < -0.39 is 6.04 Å². The third-order valence-corrected chi connectivity index (χ3v) is 3.33. The first-order chi connectivity index (χ1) is 9.88. The molecule has 21 heavy (non-hydrogen) atoms. The lowest BCUT2D eigenvalue weighted by atomic mass is 10.0. The van der Waals surface area contributed by atoms with E-state index in [1.54, 1.807) is 20.3 Å². The van der Waals surface area contributed by atoms with Crippen molar-refractivity contribution in [1.82, 2.24) is 5.32 Å². The Kier molecular flexibility index (Phi) is 6.49. The van der Waals surface area contributed by atoms with Gasteiger partial charge in [-0.2, -0.15) is 0 Å². The summed E-state index contributed by atoms with van der Waals surface area (Å²) in [5.74, 6) is 1.64. The third-order valence-electron chi connectivity index (χ3n) is 3.33. The van der Waals surface area contributed by atoms with Crippen molar-refractivity contribution in [2.75, 3.05) is 14.2 Å². The first-order valence-corrected chi connectivity index (χ1v) is 7.16. The number of carbonyl (C=O) groups is 1. The van der Waals surface area contributed by atoms with Crippen LogP contribution in [0.5, 0.6) is 11.5 Å². The third kappa shape index (κ3) is 4.93. The lowest BCUT2D eigenvalue weighted by Crippen LogP contribution is -2.42. The maximum absolute atomic E-state index is 12.1. The predicted octanol–water partition coefficient (Wildman–Crippen LogP) is 2.25. The highest BCUT2D eigenvalue weighted by Gasteiger charge is 2.19. The van der Waals surface area contributed by atoms with Crippen LogP contribution in [0.2, 0.25) is 0 Å². The van der Waals surface area contributed by atoms with Crippen molar-refractivity contribution < 1.29 is 14.3 Å². The van der Waals surface area contributed by atoms with Gasteiger partial charge in [-0.3, -0.25) is 4.79 Å². The number of ether oxygens (including phenoxy) is 2. The zero-order valence-corrected chi connectivity index (χ0v) is 13.5. The number of hydrogen-bond donors (Lipinski definition) is 2. The van der Waals surface area contributed by atoms with Crippen molar-refractivity contribution in [3.8, 4) is 11.5 Å². The highest BCUT2D eigenvalue weighted by Crippen LogP contribution is 2.29. The average molecular weight is 294 g/mol. The summed E-state index contributed by atoms with van der Waals surface area (Å²) >= 11 is 0. The summed E-state index contributed by atoms with van der Waals surface area (Å²) in [4.78, 5) is 12.1. The van der Waals surface area contributed by atoms with Gasteiger partial charge in [-0.15, -0.1) is 0 Å². The molecule has 1 amide bonds. The van der Waals surface area contributed by atoms with Gasteiger partial charge in [0.25, 0.3) is 0 Å². The Bertz CT molecular complexity index is 475. The molecule has 0 bridgehead atoms. The molecule has 0 aliphatic carbocycles. The average Bonchev–Trinajstić information content (AvgIpc) is 2.45. The van der Waals surface area contributed by atoms with Gasteiger partial charge in [0.2, 0.25) is 5.91 Å². The molecule has 2 atom stereocenters. The number of nitrogens with one attached hydrogen (secondary N) is 1. The Morgan fingerprint density at radius 2 is 1.90 bits per heavy atom. The molecule has 0 fully saturated rings. The molecule has 3 N–H and O–H groups in total. The first kappa shape index (κ1) is 17.3. The molecule has 0 saturated heterocycles. The fraction of sp³-hybridized carbons (Fsp3) is 0.562. The highest BCUT2D eigenvalue weighted by molar-refractivity contribution is 5.82. The van der Waals surface area contributed by atoms with E-state index in [9.17, 15) is 4.79 Å². The van der Waals surface area contributed by atoms with Gasteiger partial charge < -0.3 is 20.5 Å². The summed E-state index contributed by atoms with van der Waals surface area (Å²) in [5.41, 5.74) is 6.79. The number of methoxy groups -OCH3 is 2. The van der Waals surface area contributed by atoms with Crippen LogP contribution in [0.3, 0.4) is 0 Å². The second kappa shape index (κ2) is 7.88. The highest BCUT2D eigenvalue weighted by atomic mass is 16.5. The SMILES string of the molecule is COc1ccc(C(C)NC(=O)[C@@H](N)CC(C)C)c(OC)c1. The van der Waals surface area contributed by atoms with Crippen molar-refractivity contribution in [3.05, 3.63) is 23.8 Å². The second-order valence-corrected chi connectivity index (χ2v) is 5.57. The zero-order chi connectivity index (χ0) is 16.0. The maximum atomic E-state index is 12.1. The number of hydrogen-bond acceptors (Lipinski definition) is 4.